The number of hydrogen-bond donors (Lipinski definition) is 1. The number of carbonyl (C=O) groups is 1. The molecular weight excluding hydrogens is 294 g/mol. The lowest BCUT2D eigenvalue weighted by molar-refractivity contribution is 0.206. The fraction of sp³-hybridized carbons (Fsp3) is 0.286. The van der Waals surface area contributed by atoms with Crippen molar-refractivity contribution in [3.05, 3.63) is 45.9 Å². The predicted molar refractivity (Wildman–Crippen MR) is 81.1 cm³/mol. The minimum atomic E-state index is -0.0787. The van der Waals surface area contributed by atoms with Gasteiger partial charge in [0.05, 0.1) is 6.54 Å². The molecule has 0 unspecified atom stereocenters. The first-order valence-corrected chi connectivity index (χ1v) is 7.70. The van der Waals surface area contributed by atoms with Gasteiger partial charge in [-0.1, -0.05) is 11.6 Å². The lowest BCUT2D eigenvalue weighted by atomic mass is 10.3. The summed E-state index contributed by atoms with van der Waals surface area (Å²) in [6, 6.07) is 7.39. The third-order valence-electron chi connectivity index (χ3n) is 3.13. The quantitative estimate of drug-likeness (QED) is 0.928. The first-order valence-electron chi connectivity index (χ1n) is 6.44. The summed E-state index contributed by atoms with van der Waals surface area (Å²) in [5.74, 6) is 0. The maximum absolute atomic E-state index is 12.4. The van der Waals surface area contributed by atoms with Crippen molar-refractivity contribution in [3.8, 4) is 0 Å². The number of thiazole rings is 1. The van der Waals surface area contributed by atoms with Gasteiger partial charge >= 0.3 is 6.03 Å². The predicted octanol–water partition coefficient (Wildman–Crippen LogP) is 3.99. The van der Waals surface area contributed by atoms with Gasteiger partial charge in [0.1, 0.15) is 5.01 Å². The molecule has 20 heavy (non-hydrogen) atoms. The van der Waals surface area contributed by atoms with Crippen LogP contribution in [0, 0.1) is 0 Å². The molecule has 1 fully saturated rings. The molecule has 2 amide bonds. The van der Waals surface area contributed by atoms with Crippen LogP contribution >= 0.6 is 22.9 Å². The van der Waals surface area contributed by atoms with Crippen molar-refractivity contribution in [3.63, 3.8) is 0 Å². The van der Waals surface area contributed by atoms with Gasteiger partial charge < -0.3 is 10.2 Å². The molecule has 1 N–H and O–H groups in total. The Bertz CT molecular complexity index is 581. The number of nitrogens with one attached hydrogen (secondary N) is 1. The van der Waals surface area contributed by atoms with Crippen LogP contribution in [-0.2, 0) is 6.54 Å². The van der Waals surface area contributed by atoms with E-state index in [0.717, 1.165) is 23.5 Å². The van der Waals surface area contributed by atoms with E-state index in [4.69, 9.17) is 11.6 Å². The highest BCUT2D eigenvalue weighted by Crippen LogP contribution is 2.29. The van der Waals surface area contributed by atoms with Crippen LogP contribution < -0.4 is 5.32 Å². The molecule has 4 nitrogen and oxygen atoms in total. The lowest BCUT2D eigenvalue weighted by Crippen LogP contribution is -2.36. The van der Waals surface area contributed by atoms with E-state index < -0.39 is 0 Å². The molecular formula is C14H14ClN3OS. The molecule has 1 aliphatic rings. The summed E-state index contributed by atoms with van der Waals surface area (Å²) < 4.78 is 0. The molecule has 6 heteroatoms. The van der Waals surface area contributed by atoms with E-state index in [1.165, 1.54) is 0 Å². The Morgan fingerprint density at radius 1 is 1.40 bits per heavy atom. The molecule has 0 atom stereocenters. The van der Waals surface area contributed by atoms with Crippen molar-refractivity contribution < 1.29 is 4.79 Å². The smallest absolute Gasteiger partial charge is 0.315 e. The molecule has 1 heterocycles. The Kier molecular flexibility index (Phi) is 3.89. The fourth-order valence-corrected chi connectivity index (χ4v) is 2.70. The zero-order valence-electron chi connectivity index (χ0n) is 10.8. The molecule has 104 valence electrons. The van der Waals surface area contributed by atoms with Crippen molar-refractivity contribution in [2.24, 2.45) is 0 Å². The molecule has 0 spiro atoms. The van der Waals surface area contributed by atoms with Crippen LogP contribution in [0.3, 0.4) is 0 Å². The van der Waals surface area contributed by atoms with Gasteiger partial charge in [0.25, 0.3) is 0 Å². The van der Waals surface area contributed by atoms with E-state index in [1.54, 1.807) is 41.8 Å². The van der Waals surface area contributed by atoms with E-state index in [-0.39, 0.29) is 6.03 Å². The number of urea groups is 1. The maximum Gasteiger partial charge on any atom is 0.322 e. The number of rotatable bonds is 4. The van der Waals surface area contributed by atoms with Gasteiger partial charge in [-0.25, -0.2) is 9.78 Å². The van der Waals surface area contributed by atoms with E-state index in [2.05, 4.69) is 10.3 Å². The second-order valence-corrected chi connectivity index (χ2v) is 6.14. The fourth-order valence-electron chi connectivity index (χ4n) is 1.96. The molecule has 2 aromatic rings. The van der Waals surface area contributed by atoms with Gasteiger partial charge in [-0.2, -0.15) is 0 Å². The largest absolute Gasteiger partial charge is 0.322 e. The molecule has 0 bridgehead atoms. The summed E-state index contributed by atoms with van der Waals surface area (Å²) in [6.45, 7) is 0.571. The second-order valence-electron chi connectivity index (χ2n) is 4.72. The highest BCUT2D eigenvalue weighted by atomic mass is 35.5. The van der Waals surface area contributed by atoms with Gasteiger partial charge in [0, 0.05) is 28.3 Å². The number of halogens is 1. The number of benzene rings is 1. The topological polar surface area (TPSA) is 45.2 Å². The van der Waals surface area contributed by atoms with Crippen molar-refractivity contribution in [1.29, 1.82) is 0 Å². The molecule has 1 aromatic carbocycles. The Labute approximate surface area is 126 Å². The molecule has 1 aliphatic carbocycles. The summed E-state index contributed by atoms with van der Waals surface area (Å²) in [4.78, 5) is 18.5. The van der Waals surface area contributed by atoms with Crippen molar-refractivity contribution in [2.75, 3.05) is 5.32 Å². The van der Waals surface area contributed by atoms with E-state index in [0.29, 0.717) is 17.6 Å². The SMILES string of the molecule is O=C(Nc1ccc(Cl)cc1)N(Cc1nccs1)C1CC1. The van der Waals surface area contributed by atoms with Crippen molar-refractivity contribution in [1.82, 2.24) is 9.88 Å². The number of amides is 2. The third kappa shape index (κ3) is 3.29. The highest BCUT2D eigenvalue weighted by Gasteiger charge is 2.33. The Morgan fingerprint density at radius 3 is 2.75 bits per heavy atom. The summed E-state index contributed by atoms with van der Waals surface area (Å²) >= 11 is 7.41. The van der Waals surface area contributed by atoms with Crippen LogP contribution in [0.2, 0.25) is 5.02 Å². The summed E-state index contributed by atoms with van der Waals surface area (Å²) in [5, 5.41) is 6.45. The van der Waals surface area contributed by atoms with Crippen LogP contribution in [0.25, 0.3) is 0 Å². The van der Waals surface area contributed by atoms with Crippen LogP contribution in [0.4, 0.5) is 10.5 Å². The van der Waals surface area contributed by atoms with Gasteiger partial charge in [0.15, 0.2) is 0 Å². The molecule has 0 radical (unpaired) electrons. The maximum atomic E-state index is 12.4. The van der Waals surface area contributed by atoms with E-state index in [1.807, 2.05) is 10.3 Å². The molecule has 1 saturated carbocycles. The summed E-state index contributed by atoms with van der Waals surface area (Å²) in [5.41, 5.74) is 0.754. The number of anilines is 1. The average molecular weight is 308 g/mol. The first-order chi connectivity index (χ1) is 9.72. The lowest BCUT2D eigenvalue weighted by Gasteiger charge is -2.21. The molecule has 3 rings (SSSR count). The summed E-state index contributed by atoms with van der Waals surface area (Å²) in [6.07, 6.45) is 3.90. The molecule has 1 aromatic heterocycles. The zero-order chi connectivity index (χ0) is 13.9. The number of nitrogens with zero attached hydrogens (tertiary/aromatic N) is 2. The number of hydrogen-bond acceptors (Lipinski definition) is 3. The third-order valence-corrected chi connectivity index (χ3v) is 4.15. The minimum absolute atomic E-state index is 0.0787. The van der Waals surface area contributed by atoms with Crippen LogP contribution in [0.5, 0.6) is 0 Å². The van der Waals surface area contributed by atoms with Crippen LogP contribution in [-0.4, -0.2) is 22.0 Å². The van der Waals surface area contributed by atoms with Gasteiger partial charge in [-0.3, -0.25) is 0 Å². The monoisotopic (exact) mass is 307 g/mol. The van der Waals surface area contributed by atoms with Gasteiger partial charge in [-0.05, 0) is 37.1 Å². The Balaban J connectivity index is 1.67. The van der Waals surface area contributed by atoms with Crippen molar-refractivity contribution >= 4 is 34.7 Å². The van der Waals surface area contributed by atoms with Crippen LogP contribution in [0.1, 0.15) is 17.8 Å². The number of aromatic nitrogens is 1. The first kappa shape index (κ1) is 13.4. The molecule has 0 aliphatic heterocycles. The molecule has 0 saturated heterocycles. The Morgan fingerprint density at radius 2 is 2.15 bits per heavy atom. The second kappa shape index (κ2) is 5.81. The Hall–Kier alpha value is -1.59. The standard InChI is InChI=1S/C14H14ClN3OS/c15-10-1-3-11(4-2-10)17-14(19)18(12-5-6-12)9-13-16-7-8-20-13/h1-4,7-8,12H,5-6,9H2,(H,17,19). The average Bonchev–Trinajstić information content (AvgIpc) is 3.15. The zero-order valence-corrected chi connectivity index (χ0v) is 12.3. The number of carbonyl (C=O) groups excluding carboxylic acids is 1. The van der Waals surface area contributed by atoms with Gasteiger partial charge in [-0.15, -0.1) is 11.3 Å². The minimum Gasteiger partial charge on any atom is -0.315 e. The summed E-state index contributed by atoms with van der Waals surface area (Å²) in [7, 11) is 0. The van der Waals surface area contributed by atoms with Gasteiger partial charge in [0.2, 0.25) is 0 Å². The van der Waals surface area contributed by atoms with Crippen molar-refractivity contribution in [2.45, 2.75) is 25.4 Å². The van der Waals surface area contributed by atoms with Crippen LogP contribution in [0.15, 0.2) is 35.8 Å². The highest BCUT2D eigenvalue weighted by molar-refractivity contribution is 7.09. The van der Waals surface area contributed by atoms with E-state index in [9.17, 15) is 4.79 Å². The van der Waals surface area contributed by atoms with E-state index >= 15 is 0 Å². The normalized spacial score (nSPS) is 14.1.